The van der Waals surface area contributed by atoms with Gasteiger partial charge in [0, 0.05) is 13.0 Å². The molecule has 1 N–H and O–H groups in total. The van der Waals surface area contributed by atoms with Crippen molar-refractivity contribution in [3.8, 4) is 0 Å². The Morgan fingerprint density at radius 1 is 1.33 bits per heavy atom. The molecule has 2 heteroatoms. The van der Waals surface area contributed by atoms with E-state index in [1.54, 1.807) is 7.11 Å². The fourth-order valence-corrected chi connectivity index (χ4v) is 2.90. The Labute approximate surface area is 73.9 Å². The molecule has 2 aliphatic carbocycles. The van der Waals surface area contributed by atoms with Gasteiger partial charge in [-0.2, -0.15) is 0 Å². The summed E-state index contributed by atoms with van der Waals surface area (Å²) in [5.74, 6) is 0.426. The quantitative estimate of drug-likeness (QED) is 0.647. The maximum Gasteiger partial charge on any atom is 0.0742 e. The highest BCUT2D eigenvalue weighted by atomic mass is 16.5. The lowest BCUT2D eigenvalue weighted by atomic mass is 9.75. The van der Waals surface area contributed by atoms with Crippen molar-refractivity contribution in [1.29, 1.82) is 0 Å². The van der Waals surface area contributed by atoms with Gasteiger partial charge in [-0.1, -0.05) is 13.8 Å². The van der Waals surface area contributed by atoms with Crippen molar-refractivity contribution in [3.63, 3.8) is 0 Å². The third-order valence-electron chi connectivity index (χ3n) is 3.49. The van der Waals surface area contributed by atoms with E-state index in [1.165, 1.54) is 0 Å². The summed E-state index contributed by atoms with van der Waals surface area (Å²) in [5.41, 5.74) is 0.295. The zero-order chi connectivity index (χ0) is 8.98. The molecule has 2 saturated carbocycles. The molecule has 0 spiro atoms. The first kappa shape index (κ1) is 8.52. The highest BCUT2D eigenvalue weighted by Gasteiger charge is 2.63. The number of hydrogen-bond acceptors (Lipinski definition) is 2. The maximum absolute atomic E-state index is 9.77. The predicted octanol–water partition coefficient (Wildman–Crippen LogP) is 1.57. The summed E-state index contributed by atoms with van der Waals surface area (Å²) in [4.78, 5) is 0. The van der Waals surface area contributed by atoms with Crippen molar-refractivity contribution in [3.05, 3.63) is 0 Å². The zero-order valence-electron chi connectivity index (χ0n) is 8.13. The van der Waals surface area contributed by atoms with Crippen LogP contribution in [0.2, 0.25) is 0 Å². The number of aliphatic hydroxyl groups is 1. The summed E-state index contributed by atoms with van der Waals surface area (Å²) < 4.78 is 5.50. The van der Waals surface area contributed by atoms with E-state index in [-0.39, 0.29) is 17.1 Å². The molecular formula is C10H18O2. The third-order valence-corrected chi connectivity index (χ3v) is 3.49. The summed E-state index contributed by atoms with van der Waals surface area (Å²) in [6.07, 6.45) is 2.98. The molecule has 0 aromatic heterocycles. The lowest BCUT2D eigenvalue weighted by molar-refractivity contribution is -0.0456. The van der Waals surface area contributed by atoms with Crippen LogP contribution in [0, 0.1) is 11.3 Å². The van der Waals surface area contributed by atoms with Gasteiger partial charge in [-0.25, -0.2) is 0 Å². The fraction of sp³-hybridized carbons (Fsp3) is 1.00. The molecule has 3 atom stereocenters. The Balaban J connectivity index is 2.15. The molecule has 70 valence electrons. The second-order valence-corrected chi connectivity index (χ2v) is 5.19. The molecule has 0 aliphatic heterocycles. The van der Waals surface area contributed by atoms with Crippen LogP contribution in [0.3, 0.4) is 0 Å². The van der Waals surface area contributed by atoms with Crippen LogP contribution in [0.25, 0.3) is 0 Å². The van der Waals surface area contributed by atoms with Crippen LogP contribution < -0.4 is 0 Å². The Kier molecular flexibility index (Phi) is 1.59. The summed E-state index contributed by atoms with van der Waals surface area (Å²) in [5, 5.41) is 9.77. The summed E-state index contributed by atoms with van der Waals surface area (Å²) in [6.45, 7) is 4.43. The largest absolute Gasteiger partial charge is 0.393 e. The SMILES string of the molecule is COC12CC1C(O)CC(C)(C)C2. The van der Waals surface area contributed by atoms with Crippen molar-refractivity contribution in [2.45, 2.75) is 44.8 Å². The van der Waals surface area contributed by atoms with Gasteiger partial charge in [0.05, 0.1) is 11.7 Å². The van der Waals surface area contributed by atoms with Gasteiger partial charge in [-0.3, -0.25) is 0 Å². The normalized spacial score (nSPS) is 50.0. The number of ether oxygens (including phenoxy) is 1. The highest BCUT2D eigenvalue weighted by molar-refractivity contribution is 5.14. The number of fused-ring (bicyclic) bond motifs is 1. The molecular weight excluding hydrogens is 152 g/mol. The van der Waals surface area contributed by atoms with Crippen LogP contribution >= 0.6 is 0 Å². The molecule has 0 bridgehead atoms. The van der Waals surface area contributed by atoms with Gasteiger partial charge < -0.3 is 9.84 Å². The van der Waals surface area contributed by atoms with E-state index in [1.807, 2.05) is 0 Å². The van der Waals surface area contributed by atoms with Crippen molar-refractivity contribution in [2.75, 3.05) is 7.11 Å². The number of methoxy groups -OCH3 is 1. The van der Waals surface area contributed by atoms with E-state index in [2.05, 4.69) is 13.8 Å². The average Bonchev–Trinajstić information content (AvgIpc) is 2.61. The van der Waals surface area contributed by atoms with Crippen molar-refractivity contribution < 1.29 is 9.84 Å². The molecule has 0 aromatic rings. The lowest BCUT2D eigenvalue weighted by Crippen LogP contribution is -2.37. The van der Waals surface area contributed by atoms with Gasteiger partial charge in [-0.15, -0.1) is 0 Å². The molecule has 0 radical (unpaired) electrons. The minimum absolute atomic E-state index is 0.0428. The van der Waals surface area contributed by atoms with Crippen molar-refractivity contribution >= 4 is 0 Å². The van der Waals surface area contributed by atoms with E-state index in [9.17, 15) is 5.11 Å². The molecule has 3 unspecified atom stereocenters. The number of rotatable bonds is 1. The fourth-order valence-electron chi connectivity index (χ4n) is 2.90. The molecule has 0 heterocycles. The topological polar surface area (TPSA) is 29.5 Å². The zero-order valence-corrected chi connectivity index (χ0v) is 8.13. The summed E-state index contributed by atoms with van der Waals surface area (Å²) >= 11 is 0. The minimum atomic E-state index is -0.131. The molecule has 2 nitrogen and oxygen atoms in total. The van der Waals surface area contributed by atoms with Gasteiger partial charge in [0.15, 0.2) is 0 Å². The standard InChI is InChI=1S/C10H18O2/c1-9(2)5-8(11)7-4-10(7,6-9)12-3/h7-8,11H,4-6H2,1-3H3. The first-order valence-corrected chi connectivity index (χ1v) is 4.72. The van der Waals surface area contributed by atoms with Crippen molar-refractivity contribution in [2.24, 2.45) is 11.3 Å². The van der Waals surface area contributed by atoms with Gasteiger partial charge in [0.25, 0.3) is 0 Å². The van der Waals surface area contributed by atoms with Crippen LogP contribution in [0.4, 0.5) is 0 Å². The van der Waals surface area contributed by atoms with Crippen LogP contribution in [0.15, 0.2) is 0 Å². The Hall–Kier alpha value is -0.0800. The molecule has 0 amide bonds. The molecule has 0 saturated heterocycles. The van der Waals surface area contributed by atoms with Gasteiger partial charge >= 0.3 is 0 Å². The molecule has 2 fully saturated rings. The first-order chi connectivity index (χ1) is 5.49. The summed E-state index contributed by atoms with van der Waals surface area (Å²) in [6, 6.07) is 0. The van der Waals surface area contributed by atoms with Gasteiger partial charge in [0.1, 0.15) is 0 Å². The second kappa shape index (κ2) is 2.24. The Morgan fingerprint density at radius 2 is 2.00 bits per heavy atom. The summed E-state index contributed by atoms with van der Waals surface area (Å²) in [7, 11) is 1.77. The van der Waals surface area contributed by atoms with E-state index in [0.29, 0.717) is 5.92 Å². The molecule has 2 aliphatic rings. The third kappa shape index (κ3) is 1.09. The smallest absolute Gasteiger partial charge is 0.0742 e. The van der Waals surface area contributed by atoms with Gasteiger partial charge in [0.2, 0.25) is 0 Å². The Morgan fingerprint density at radius 3 is 2.58 bits per heavy atom. The monoisotopic (exact) mass is 170 g/mol. The number of hydrogen-bond donors (Lipinski definition) is 1. The molecule has 0 aromatic carbocycles. The molecule has 12 heavy (non-hydrogen) atoms. The average molecular weight is 170 g/mol. The second-order valence-electron chi connectivity index (χ2n) is 5.19. The van der Waals surface area contributed by atoms with Crippen LogP contribution in [0.1, 0.15) is 33.1 Å². The van der Waals surface area contributed by atoms with Gasteiger partial charge in [-0.05, 0) is 24.7 Å². The van der Waals surface area contributed by atoms with E-state index in [4.69, 9.17) is 4.74 Å². The Bertz CT molecular complexity index is 200. The lowest BCUT2D eigenvalue weighted by Gasteiger charge is -2.37. The highest BCUT2D eigenvalue weighted by Crippen LogP contribution is 2.60. The predicted molar refractivity (Wildman–Crippen MR) is 46.9 cm³/mol. The van der Waals surface area contributed by atoms with Crippen LogP contribution in [-0.2, 0) is 4.74 Å². The van der Waals surface area contributed by atoms with E-state index < -0.39 is 0 Å². The minimum Gasteiger partial charge on any atom is -0.393 e. The van der Waals surface area contributed by atoms with Crippen molar-refractivity contribution in [1.82, 2.24) is 0 Å². The van der Waals surface area contributed by atoms with Crippen LogP contribution in [-0.4, -0.2) is 23.9 Å². The molecule has 2 rings (SSSR count). The van der Waals surface area contributed by atoms with E-state index >= 15 is 0 Å². The maximum atomic E-state index is 9.77. The first-order valence-electron chi connectivity index (χ1n) is 4.72. The van der Waals surface area contributed by atoms with E-state index in [0.717, 1.165) is 19.3 Å². The van der Waals surface area contributed by atoms with Crippen LogP contribution in [0.5, 0.6) is 0 Å². The number of aliphatic hydroxyl groups excluding tert-OH is 1.